The Bertz CT molecular complexity index is 2790. The van der Waals surface area contributed by atoms with Crippen molar-refractivity contribution < 1.29 is 9.22 Å². The Balaban J connectivity index is 1.33. The van der Waals surface area contributed by atoms with Crippen molar-refractivity contribution in [2.24, 2.45) is 0 Å². The molecule has 0 fully saturated rings. The molecule has 8 aromatic rings. The Morgan fingerprint density at radius 2 is 1.29 bits per heavy atom. The van der Waals surface area contributed by atoms with Crippen molar-refractivity contribution in [3.05, 3.63) is 168 Å². The molecule has 8 rings (SSSR count). The van der Waals surface area contributed by atoms with E-state index in [-0.39, 0.29) is 16.6 Å². The monoisotopic (exact) mass is 720 g/mol. The van der Waals surface area contributed by atoms with Gasteiger partial charge in [-0.1, -0.05) is 138 Å². The van der Waals surface area contributed by atoms with Gasteiger partial charge in [0.2, 0.25) is 0 Å². The fourth-order valence-corrected chi connectivity index (χ4v) is 7.39. The second-order valence-corrected chi connectivity index (χ2v) is 16.4. The van der Waals surface area contributed by atoms with E-state index in [9.17, 15) is 5.11 Å². The Hall–Kier alpha value is -6.26. The fraction of sp³-hybridized carbons (Fsp3) is 0.176. The molecule has 4 nitrogen and oxygen atoms in total. The molecule has 0 unspecified atom stereocenters. The quantitative estimate of drug-likeness (QED) is 0.186. The average Bonchev–Trinajstić information content (AvgIpc) is 3.60. The molecule has 0 radical (unpaired) electrons. The number of fused-ring (bicyclic) bond motifs is 1. The molecule has 55 heavy (non-hydrogen) atoms. The van der Waals surface area contributed by atoms with Crippen LogP contribution < -0.4 is 0 Å². The number of hydrogen-bond donors (Lipinski definition) is 1. The number of hydrogen-bond acceptors (Lipinski definition) is 3. The zero-order valence-corrected chi connectivity index (χ0v) is 32.2. The number of pyridine rings is 1. The summed E-state index contributed by atoms with van der Waals surface area (Å²) in [5, 5.41) is 11.3. The van der Waals surface area contributed by atoms with Crippen molar-refractivity contribution in [1.82, 2.24) is 14.5 Å². The molecule has 6 aromatic carbocycles. The second kappa shape index (κ2) is 13.9. The second-order valence-electron chi connectivity index (χ2n) is 16.4. The van der Waals surface area contributed by atoms with Gasteiger partial charge in [-0.05, 0) is 111 Å². The maximum atomic E-state index is 11.3. The van der Waals surface area contributed by atoms with Crippen LogP contribution in [0.15, 0.2) is 152 Å². The van der Waals surface area contributed by atoms with Crippen LogP contribution in [0.5, 0.6) is 5.75 Å². The average molecular weight is 721 g/mol. The third-order valence-electron chi connectivity index (χ3n) is 10.4. The summed E-state index contributed by atoms with van der Waals surface area (Å²) < 4.78 is 25.5. The van der Waals surface area contributed by atoms with E-state index in [1.54, 1.807) is 18.2 Å². The lowest BCUT2D eigenvalue weighted by atomic mass is 9.81. The molecule has 0 saturated heterocycles. The van der Waals surface area contributed by atoms with Gasteiger partial charge in [-0.25, -0.2) is 4.98 Å². The highest BCUT2D eigenvalue weighted by Gasteiger charge is 2.25. The van der Waals surface area contributed by atoms with Gasteiger partial charge in [-0.2, -0.15) is 0 Å². The molecule has 2 aromatic heterocycles. The molecule has 0 aliphatic carbocycles. The van der Waals surface area contributed by atoms with Gasteiger partial charge < -0.3 is 5.11 Å². The van der Waals surface area contributed by atoms with E-state index in [2.05, 4.69) is 131 Å². The first-order chi connectivity index (χ1) is 27.6. The van der Waals surface area contributed by atoms with Crippen LogP contribution in [0.25, 0.3) is 72.7 Å². The molecule has 0 aliphatic heterocycles. The summed E-state index contributed by atoms with van der Waals surface area (Å²) in [6, 6.07) is 48.6. The van der Waals surface area contributed by atoms with Crippen molar-refractivity contribution in [3.8, 4) is 67.5 Å². The van der Waals surface area contributed by atoms with Gasteiger partial charge in [0.1, 0.15) is 11.6 Å². The Labute approximate surface area is 329 Å². The van der Waals surface area contributed by atoms with Gasteiger partial charge in [0.15, 0.2) is 0 Å². The molecule has 4 heteroatoms. The number of phenolic OH excluding ortho intramolecular Hbond substituents is 1. The van der Waals surface area contributed by atoms with Crippen LogP contribution in [0.1, 0.15) is 62.3 Å². The van der Waals surface area contributed by atoms with Crippen molar-refractivity contribution in [1.29, 1.82) is 0 Å². The van der Waals surface area contributed by atoms with Gasteiger partial charge in [0, 0.05) is 27.1 Å². The number of imidazole rings is 1. The maximum Gasteiger partial charge on any atom is 0.149 e. The van der Waals surface area contributed by atoms with Crippen LogP contribution >= 0.6 is 0 Å². The summed E-state index contributed by atoms with van der Waals surface area (Å²) in [7, 11) is 0. The molecule has 272 valence electrons. The van der Waals surface area contributed by atoms with E-state index in [1.165, 1.54) is 16.7 Å². The zero-order chi connectivity index (χ0) is 41.0. The van der Waals surface area contributed by atoms with Crippen molar-refractivity contribution in [2.45, 2.75) is 59.2 Å². The van der Waals surface area contributed by atoms with E-state index < -0.39 is 6.85 Å². The number of aromatic hydroxyl groups is 1. The van der Waals surface area contributed by atoms with Crippen LogP contribution in [0.2, 0.25) is 0 Å². The van der Waals surface area contributed by atoms with E-state index in [1.807, 2.05) is 48.7 Å². The number of nitrogens with zero attached hydrogens (tertiary/aromatic N) is 3. The molecule has 1 N–H and O–H groups in total. The maximum absolute atomic E-state index is 11.3. The summed E-state index contributed by atoms with van der Waals surface area (Å²) in [5.41, 5.74) is 13.6. The lowest BCUT2D eigenvalue weighted by molar-refractivity contribution is 0.477. The van der Waals surface area contributed by atoms with Crippen molar-refractivity contribution in [3.63, 3.8) is 0 Å². The molecule has 0 spiro atoms. The van der Waals surface area contributed by atoms with Crippen LogP contribution in [-0.2, 0) is 10.8 Å². The van der Waals surface area contributed by atoms with Gasteiger partial charge in [0.25, 0.3) is 0 Å². The third-order valence-corrected chi connectivity index (χ3v) is 10.4. The first kappa shape index (κ1) is 32.2. The standard InChI is InChI=1S/C51H47N3O/c1-33-20-22-34(23-21-33)36-26-27-52-45(31-36)38-28-37(29-39(30-38)50(2,3)4)42-17-13-18-46-48(42)53-49(43-16-11-12-19-47(43)55)54(46)40-24-25-41(35-14-9-8-10-15-35)44(32-40)51(5,6)7/h8-32,55H,1-7H3/i1D3. The van der Waals surface area contributed by atoms with E-state index >= 15 is 0 Å². The summed E-state index contributed by atoms with van der Waals surface area (Å²) in [4.78, 5) is 10.2. The normalized spacial score (nSPS) is 13.0. The minimum absolute atomic E-state index is 0.159. The Kier molecular flexibility index (Phi) is 8.11. The number of phenols is 1. The van der Waals surface area contributed by atoms with Crippen molar-refractivity contribution in [2.75, 3.05) is 0 Å². The lowest BCUT2D eigenvalue weighted by Crippen LogP contribution is -2.14. The number of rotatable bonds is 6. The number of benzene rings is 6. The molecular formula is C51H47N3O. The Morgan fingerprint density at radius 3 is 2.02 bits per heavy atom. The van der Waals surface area contributed by atoms with E-state index in [4.69, 9.17) is 14.1 Å². The highest BCUT2D eigenvalue weighted by molar-refractivity contribution is 5.97. The molecule has 0 saturated carbocycles. The summed E-state index contributed by atoms with van der Waals surface area (Å²) in [6.45, 7) is 11.2. The minimum Gasteiger partial charge on any atom is -0.507 e. The van der Waals surface area contributed by atoms with Gasteiger partial charge in [-0.15, -0.1) is 0 Å². The molecule has 0 amide bonds. The molecule has 2 heterocycles. The van der Waals surface area contributed by atoms with E-state index in [0.717, 1.165) is 55.8 Å². The summed E-state index contributed by atoms with van der Waals surface area (Å²) in [6.07, 6.45) is 1.81. The molecule has 0 atom stereocenters. The molecule has 0 aliphatic rings. The van der Waals surface area contributed by atoms with Crippen molar-refractivity contribution >= 4 is 11.0 Å². The smallest absolute Gasteiger partial charge is 0.149 e. The van der Waals surface area contributed by atoms with Crippen LogP contribution in [-0.4, -0.2) is 19.6 Å². The van der Waals surface area contributed by atoms with Gasteiger partial charge in [0.05, 0.1) is 22.3 Å². The SMILES string of the molecule is [2H]C([2H])([2H])c1ccc(-c2ccnc(-c3cc(-c4cccc5c4nc(-c4ccccc4O)n5-c4ccc(-c5ccccc5)c(C(C)(C)C)c4)cc(C(C)(C)C)c3)c2)cc1. The van der Waals surface area contributed by atoms with Crippen LogP contribution in [0, 0.1) is 6.85 Å². The zero-order valence-electron chi connectivity index (χ0n) is 35.2. The number of aryl methyl sites for hydroxylation is 1. The minimum atomic E-state index is -2.16. The molecular weight excluding hydrogens is 671 g/mol. The predicted octanol–water partition coefficient (Wildman–Crippen LogP) is 13.4. The number of para-hydroxylation sites is 2. The largest absolute Gasteiger partial charge is 0.507 e. The number of aromatic nitrogens is 3. The van der Waals surface area contributed by atoms with Crippen LogP contribution in [0.4, 0.5) is 0 Å². The summed E-state index contributed by atoms with van der Waals surface area (Å²) >= 11 is 0. The van der Waals surface area contributed by atoms with Crippen LogP contribution in [0.3, 0.4) is 0 Å². The molecule has 0 bridgehead atoms. The lowest BCUT2D eigenvalue weighted by Gasteiger charge is -2.25. The Morgan fingerprint density at radius 1 is 0.564 bits per heavy atom. The van der Waals surface area contributed by atoms with Gasteiger partial charge in [-0.3, -0.25) is 9.55 Å². The highest BCUT2D eigenvalue weighted by Crippen LogP contribution is 2.42. The summed E-state index contributed by atoms with van der Waals surface area (Å²) in [5.74, 6) is 0.813. The third kappa shape index (κ3) is 6.97. The first-order valence-electron chi connectivity index (χ1n) is 20.3. The van der Waals surface area contributed by atoms with E-state index in [0.29, 0.717) is 17.0 Å². The predicted molar refractivity (Wildman–Crippen MR) is 230 cm³/mol. The first-order valence-corrected chi connectivity index (χ1v) is 18.8. The van der Waals surface area contributed by atoms with Gasteiger partial charge >= 0.3 is 0 Å². The fourth-order valence-electron chi connectivity index (χ4n) is 7.39. The highest BCUT2D eigenvalue weighted by atomic mass is 16.3. The topological polar surface area (TPSA) is 50.9 Å².